The second-order valence-corrected chi connectivity index (χ2v) is 10.4. The third kappa shape index (κ3) is 4.14. The minimum atomic E-state index is -3.14. The van der Waals surface area contributed by atoms with E-state index in [-0.39, 0.29) is 30.0 Å². The van der Waals surface area contributed by atoms with Crippen LogP contribution in [0.1, 0.15) is 6.42 Å². The van der Waals surface area contributed by atoms with E-state index in [0.29, 0.717) is 29.1 Å². The standard InChI is InChI=1S/C25H24N2O5S/c1-31-24-13-20-19-9-5-6-10-22(19)32-23(20)14-21(24)26-15-25(28)27(17-7-3-2-4-8-17)18-11-12-33(29,30)16-18/h2-10,13-14,18,26H,11-12,15-16H2,1H3. The lowest BCUT2D eigenvalue weighted by atomic mass is 10.1. The number of fused-ring (bicyclic) bond motifs is 3. The van der Waals surface area contributed by atoms with Crippen molar-refractivity contribution in [3.8, 4) is 5.75 Å². The lowest BCUT2D eigenvalue weighted by molar-refractivity contribution is -0.117. The number of para-hydroxylation sites is 2. The van der Waals surface area contributed by atoms with Gasteiger partial charge in [0.25, 0.3) is 0 Å². The predicted octanol–water partition coefficient (Wildman–Crippen LogP) is 4.23. The van der Waals surface area contributed by atoms with Crippen molar-refractivity contribution in [3.05, 3.63) is 66.7 Å². The number of methoxy groups -OCH3 is 1. The lowest BCUT2D eigenvalue weighted by Crippen LogP contribution is -2.44. The van der Waals surface area contributed by atoms with E-state index in [1.165, 1.54) is 0 Å². The van der Waals surface area contributed by atoms with E-state index in [1.54, 1.807) is 12.0 Å². The summed E-state index contributed by atoms with van der Waals surface area (Å²) in [6.45, 7) is -0.0203. The number of furan rings is 1. The SMILES string of the molecule is COc1cc2c(cc1NCC(=O)N(c1ccccc1)C1CCS(=O)(=O)C1)oc1ccccc12. The van der Waals surface area contributed by atoms with Gasteiger partial charge in [-0.15, -0.1) is 0 Å². The molecule has 7 nitrogen and oxygen atoms in total. The number of anilines is 2. The van der Waals surface area contributed by atoms with Gasteiger partial charge in [0.1, 0.15) is 16.9 Å². The van der Waals surface area contributed by atoms with Crippen LogP contribution in [-0.2, 0) is 14.6 Å². The van der Waals surface area contributed by atoms with Crippen molar-refractivity contribution in [1.29, 1.82) is 0 Å². The first-order valence-corrected chi connectivity index (χ1v) is 12.6. The van der Waals surface area contributed by atoms with E-state index < -0.39 is 9.84 Å². The van der Waals surface area contributed by atoms with Crippen LogP contribution >= 0.6 is 0 Å². The van der Waals surface area contributed by atoms with Crippen LogP contribution in [-0.4, -0.2) is 45.5 Å². The molecule has 0 saturated carbocycles. The Morgan fingerprint density at radius 2 is 1.82 bits per heavy atom. The van der Waals surface area contributed by atoms with Crippen molar-refractivity contribution < 1.29 is 22.4 Å². The van der Waals surface area contributed by atoms with Gasteiger partial charge in [-0.2, -0.15) is 0 Å². The van der Waals surface area contributed by atoms with Crippen LogP contribution in [0.2, 0.25) is 0 Å². The van der Waals surface area contributed by atoms with Gasteiger partial charge < -0.3 is 19.4 Å². The first kappa shape index (κ1) is 21.3. The molecule has 5 rings (SSSR count). The molecule has 1 aromatic heterocycles. The van der Waals surface area contributed by atoms with Gasteiger partial charge in [-0.05, 0) is 30.7 Å². The fourth-order valence-electron chi connectivity index (χ4n) is 4.44. The third-order valence-corrected chi connectivity index (χ3v) is 7.76. The van der Waals surface area contributed by atoms with Crippen LogP contribution in [0.4, 0.5) is 11.4 Å². The second-order valence-electron chi connectivity index (χ2n) is 8.16. The Bertz CT molecular complexity index is 1430. The maximum atomic E-state index is 13.3. The summed E-state index contributed by atoms with van der Waals surface area (Å²) < 4.78 is 35.7. The molecule has 1 saturated heterocycles. The van der Waals surface area contributed by atoms with Crippen molar-refractivity contribution in [2.24, 2.45) is 0 Å². The molecule has 170 valence electrons. The molecule has 1 atom stereocenters. The molecule has 0 spiro atoms. The number of ether oxygens (including phenoxy) is 1. The Morgan fingerprint density at radius 1 is 1.06 bits per heavy atom. The molecular weight excluding hydrogens is 440 g/mol. The molecule has 2 heterocycles. The highest BCUT2D eigenvalue weighted by molar-refractivity contribution is 7.91. The molecule has 4 aromatic rings. The van der Waals surface area contributed by atoms with Gasteiger partial charge in [0.15, 0.2) is 9.84 Å². The number of hydrogen-bond acceptors (Lipinski definition) is 6. The van der Waals surface area contributed by atoms with Gasteiger partial charge in [-0.3, -0.25) is 4.79 Å². The van der Waals surface area contributed by atoms with Crippen molar-refractivity contribution in [1.82, 2.24) is 0 Å². The zero-order valence-corrected chi connectivity index (χ0v) is 19.0. The Hall–Kier alpha value is -3.52. The minimum absolute atomic E-state index is 0.0203. The molecule has 0 bridgehead atoms. The zero-order valence-electron chi connectivity index (χ0n) is 18.2. The van der Waals surface area contributed by atoms with Crippen molar-refractivity contribution in [2.45, 2.75) is 12.5 Å². The molecule has 0 aliphatic carbocycles. The third-order valence-electron chi connectivity index (χ3n) is 6.01. The lowest BCUT2D eigenvalue weighted by Gasteiger charge is -2.28. The maximum absolute atomic E-state index is 13.3. The number of carbonyl (C=O) groups is 1. The average Bonchev–Trinajstić information content (AvgIpc) is 3.36. The molecule has 1 aliphatic rings. The first-order valence-electron chi connectivity index (χ1n) is 10.8. The molecule has 1 fully saturated rings. The van der Waals surface area contributed by atoms with Crippen LogP contribution < -0.4 is 15.0 Å². The van der Waals surface area contributed by atoms with Gasteiger partial charge in [0.05, 0.1) is 36.9 Å². The summed E-state index contributed by atoms with van der Waals surface area (Å²) in [5, 5.41) is 5.09. The van der Waals surface area contributed by atoms with Gasteiger partial charge in [-0.25, -0.2) is 8.42 Å². The monoisotopic (exact) mass is 464 g/mol. The second kappa shape index (κ2) is 8.44. The summed E-state index contributed by atoms with van der Waals surface area (Å²) in [7, 11) is -1.56. The number of amides is 1. The number of sulfone groups is 1. The number of rotatable bonds is 6. The van der Waals surface area contributed by atoms with Crippen LogP contribution in [0.5, 0.6) is 5.75 Å². The Balaban J connectivity index is 1.43. The summed E-state index contributed by atoms with van der Waals surface area (Å²) in [4.78, 5) is 14.9. The number of benzene rings is 3. The van der Waals surface area contributed by atoms with E-state index >= 15 is 0 Å². The fraction of sp³-hybridized carbons (Fsp3) is 0.240. The van der Waals surface area contributed by atoms with Crippen molar-refractivity contribution in [3.63, 3.8) is 0 Å². The summed E-state index contributed by atoms with van der Waals surface area (Å²) >= 11 is 0. The van der Waals surface area contributed by atoms with Gasteiger partial charge >= 0.3 is 0 Å². The summed E-state index contributed by atoms with van der Waals surface area (Å²) in [5.41, 5.74) is 2.78. The predicted molar refractivity (Wildman–Crippen MR) is 130 cm³/mol. The molecular formula is C25H24N2O5S. The van der Waals surface area contributed by atoms with E-state index in [9.17, 15) is 13.2 Å². The van der Waals surface area contributed by atoms with E-state index in [4.69, 9.17) is 9.15 Å². The Morgan fingerprint density at radius 3 is 2.55 bits per heavy atom. The highest BCUT2D eigenvalue weighted by Gasteiger charge is 2.35. The number of nitrogens with zero attached hydrogens (tertiary/aromatic N) is 1. The largest absolute Gasteiger partial charge is 0.495 e. The van der Waals surface area contributed by atoms with Gasteiger partial charge in [0, 0.05) is 22.5 Å². The zero-order chi connectivity index (χ0) is 23.0. The molecule has 33 heavy (non-hydrogen) atoms. The summed E-state index contributed by atoms with van der Waals surface area (Å²) in [6.07, 6.45) is 0.428. The minimum Gasteiger partial charge on any atom is -0.495 e. The number of nitrogens with one attached hydrogen (secondary N) is 1. The normalized spacial score (nSPS) is 17.3. The quantitative estimate of drug-likeness (QED) is 0.460. The highest BCUT2D eigenvalue weighted by Crippen LogP contribution is 2.36. The number of carbonyl (C=O) groups excluding carboxylic acids is 1. The van der Waals surface area contributed by atoms with E-state index in [2.05, 4.69) is 5.32 Å². The molecule has 1 unspecified atom stereocenters. The molecule has 1 amide bonds. The molecule has 1 aliphatic heterocycles. The molecule has 8 heteroatoms. The molecule has 1 N–H and O–H groups in total. The fourth-order valence-corrected chi connectivity index (χ4v) is 6.14. The highest BCUT2D eigenvalue weighted by atomic mass is 32.2. The Kier molecular flexibility index (Phi) is 5.46. The molecule has 3 aromatic carbocycles. The van der Waals surface area contributed by atoms with Crippen LogP contribution in [0.3, 0.4) is 0 Å². The van der Waals surface area contributed by atoms with Gasteiger partial charge in [-0.1, -0.05) is 36.4 Å². The van der Waals surface area contributed by atoms with Crippen LogP contribution in [0.15, 0.2) is 71.1 Å². The summed E-state index contributed by atoms with van der Waals surface area (Å²) in [5.74, 6) is 0.451. The molecule has 0 radical (unpaired) electrons. The van der Waals surface area contributed by atoms with Crippen LogP contribution in [0.25, 0.3) is 21.9 Å². The van der Waals surface area contributed by atoms with Crippen molar-refractivity contribution >= 4 is 49.1 Å². The first-order chi connectivity index (χ1) is 15.9. The van der Waals surface area contributed by atoms with E-state index in [1.807, 2.05) is 66.7 Å². The number of hydrogen-bond donors (Lipinski definition) is 1. The van der Waals surface area contributed by atoms with Crippen LogP contribution in [0, 0.1) is 0 Å². The Labute approximate surface area is 191 Å². The maximum Gasteiger partial charge on any atom is 0.246 e. The topological polar surface area (TPSA) is 88.9 Å². The van der Waals surface area contributed by atoms with Gasteiger partial charge in [0.2, 0.25) is 5.91 Å². The summed E-state index contributed by atoms with van der Waals surface area (Å²) in [6, 6.07) is 20.3. The smallest absolute Gasteiger partial charge is 0.246 e. The van der Waals surface area contributed by atoms with Crippen molar-refractivity contribution in [2.75, 3.05) is 35.4 Å². The average molecular weight is 465 g/mol. The van der Waals surface area contributed by atoms with E-state index in [0.717, 1.165) is 16.4 Å².